The summed E-state index contributed by atoms with van der Waals surface area (Å²) in [5, 5.41) is 0.195. The van der Waals surface area contributed by atoms with Crippen molar-refractivity contribution in [2.45, 2.75) is 19.3 Å². The molecule has 0 unspecified atom stereocenters. The van der Waals surface area contributed by atoms with Crippen molar-refractivity contribution in [2.75, 3.05) is 0 Å². The van der Waals surface area contributed by atoms with Gasteiger partial charge in [-0.1, -0.05) is 0 Å². The van der Waals surface area contributed by atoms with Crippen LogP contribution in [0.15, 0.2) is 54.6 Å². The Kier molecular flexibility index (Phi) is 3.75. The van der Waals surface area contributed by atoms with E-state index in [9.17, 15) is 14.7 Å². The van der Waals surface area contributed by atoms with E-state index in [1.165, 1.54) is 5.56 Å². The van der Waals surface area contributed by atoms with Gasteiger partial charge in [0.15, 0.2) is 0 Å². The quantitative estimate of drug-likeness (QED) is 0.754. The zero-order chi connectivity index (χ0) is 14.1. The van der Waals surface area contributed by atoms with Gasteiger partial charge in [-0.25, -0.2) is 0 Å². The summed E-state index contributed by atoms with van der Waals surface area (Å²) in [4.78, 5) is 27.7. The fourth-order valence-corrected chi connectivity index (χ4v) is 2.75. The molecule has 0 amide bonds. The van der Waals surface area contributed by atoms with Crippen LogP contribution in [-0.4, -0.2) is 14.7 Å². The molecule has 3 N–H and O–H groups in total. The molecule has 0 spiro atoms. The van der Waals surface area contributed by atoms with E-state index in [1.54, 1.807) is 12.1 Å². The molecular formula is C15H19O3P. The SMILES string of the molecule is CC(C)(c1ccccc1)c1ccc([PH](O)(O)O)cc1. The maximum atomic E-state index is 9.25. The molecule has 0 aromatic heterocycles. The van der Waals surface area contributed by atoms with Gasteiger partial charge >= 0.3 is 113 Å². The van der Waals surface area contributed by atoms with Crippen LogP contribution in [0.3, 0.4) is 0 Å². The first-order chi connectivity index (χ1) is 8.82. The van der Waals surface area contributed by atoms with Crippen LogP contribution in [0.25, 0.3) is 0 Å². The summed E-state index contributed by atoms with van der Waals surface area (Å²) in [5.41, 5.74) is 2.06. The van der Waals surface area contributed by atoms with Crippen LogP contribution in [-0.2, 0) is 5.41 Å². The number of hydrogen-bond acceptors (Lipinski definition) is 3. The van der Waals surface area contributed by atoms with Gasteiger partial charge in [0.05, 0.1) is 0 Å². The van der Waals surface area contributed by atoms with Crippen LogP contribution >= 0.6 is 7.94 Å². The van der Waals surface area contributed by atoms with E-state index in [4.69, 9.17) is 0 Å². The van der Waals surface area contributed by atoms with Gasteiger partial charge in [0.25, 0.3) is 0 Å². The molecule has 102 valence electrons. The predicted octanol–water partition coefficient (Wildman–Crippen LogP) is 2.11. The third kappa shape index (κ3) is 3.02. The van der Waals surface area contributed by atoms with Crippen LogP contribution in [0, 0.1) is 0 Å². The Balaban J connectivity index is 2.37. The summed E-state index contributed by atoms with van der Waals surface area (Å²) >= 11 is 0. The van der Waals surface area contributed by atoms with E-state index >= 15 is 0 Å². The molecule has 2 aromatic carbocycles. The predicted molar refractivity (Wildman–Crippen MR) is 79.6 cm³/mol. The van der Waals surface area contributed by atoms with Gasteiger partial charge in [0.2, 0.25) is 0 Å². The third-order valence-electron chi connectivity index (χ3n) is 3.49. The van der Waals surface area contributed by atoms with Crippen molar-refractivity contribution in [1.29, 1.82) is 0 Å². The van der Waals surface area contributed by atoms with Gasteiger partial charge < -0.3 is 0 Å². The Morgan fingerprint density at radius 3 is 1.68 bits per heavy atom. The first kappa shape index (κ1) is 14.2. The molecule has 0 saturated heterocycles. The summed E-state index contributed by atoms with van der Waals surface area (Å²) in [5.74, 6) is 0. The standard InChI is InChI=1S/C15H19O3P/c1-15(2,12-6-4-3-5-7-12)13-8-10-14(11-9-13)19(16,17)18/h3-11,16-19H,1-2H3. The molecule has 19 heavy (non-hydrogen) atoms. The van der Waals surface area contributed by atoms with Crippen molar-refractivity contribution in [1.82, 2.24) is 0 Å². The van der Waals surface area contributed by atoms with Crippen molar-refractivity contribution in [3.8, 4) is 0 Å². The molecule has 4 heteroatoms. The average molecular weight is 278 g/mol. The average Bonchev–Trinajstić information content (AvgIpc) is 2.39. The molecule has 0 saturated carbocycles. The van der Waals surface area contributed by atoms with Crippen LogP contribution in [0.1, 0.15) is 25.0 Å². The van der Waals surface area contributed by atoms with E-state index in [1.807, 2.05) is 30.3 Å². The fraction of sp³-hybridized carbons (Fsp3) is 0.200. The maximum absolute atomic E-state index is 9.25. The third-order valence-corrected chi connectivity index (χ3v) is 4.60. The second-order valence-corrected chi connectivity index (χ2v) is 7.05. The molecular weight excluding hydrogens is 259 g/mol. The van der Waals surface area contributed by atoms with Crippen molar-refractivity contribution in [3.05, 3.63) is 65.7 Å². The second kappa shape index (κ2) is 5.03. The van der Waals surface area contributed by atoms with Crippen molar-refractivity contribution < 1.29 is 14.7 Å². The summed E-state index contributed by atoms with van der Waals surface area (Å²) in [7, 11) is -4.19. The molecule has 3 nitrogen and oxygen atoms in total. The molecule has 2 aromatic rings. The normalized spacial score (nSPS) is 13.3. The Morgan fingerprint density at radius 1 is 0.737 bits per heavy atom. The Labute approximate surface area is 113 Å². The number of rotatable bonds is 3. The first-order valence-corrected chi connectivity index (χ1v) is 7.99. The topological polar surface area (TPSA) is 60.7 Å². The van der Waals surface area contributed by atoms with E-state index in [0.717, 1.165) is 5.56 Å². The first-order valence-electron chi connectivity index (χ1n) is 6.15. The molecule has 0 heterocycles. The van der Waals surface area contributed by atoms with E-state index in [-0.39, 0.29) is 10.7 Å². The second-order valence-electron chi connectivity index (χ2n) is 5.20. The Morgan fingerprint density at radius 2 is 1.21 bits per heavy atom. The molecule has 0 aliphatic carbocycles. The molecule has 2 rings (SSSR count). The number of hydrogen-bond donors (Lipinski definition) is 3. The minimum absolute atomic E-state index is 0.176. The van der Waals surface area contributed by atoms with Gasteiger partial charge in [-0.05, 0) is 0 Å². The van der Waals surface area contributed by atoms with Gasteiger partial charge in [0.1, 0.15) is 0 Å². The van der Waals surface area contributed by atoms with E-state index in [2.05, 4.69) is 26.0 Å². The zero-order valence-electron chi connectivity index (χ0n) is 11.0. The van der Waals surface area contributed by atoms with Crippen molar-refractivity contribution >= 4 is 13.2 Å². The molecule has 0 fully saturated rings. The van der Waals surface area contributed by atoms with E-state index in [0.29, 0.717) is 0 Å². The summed E-state index contributed by atoms with van der Waals surface area (Å²) in [6.45, 7) is 4.22. The van der Waals surface area contributed by atoms with Crippen LogP contribution in [0.5, 0.6) is 0 Å². The molecule has 0 atom stereocenters. The van der Waals surface area contributed by atoms with Crippen molar-refractivity contribution in [3.63, 3.8) is 0 Å². The molecule has 0 aliphatic heterocycles. The van der Waals surface area contributed by atoms with Crippen molar-refractivity contribution in [2.24, 2.45) is 0 Å². The Hall–Kier alpha value is -1.25. The minimum atomic E-state index is -4.19. The molecule has 0 bridgehead atoms. The fourth-order valence-electron chi connectivity index (χ4n) is 2.13. The summed E-state index contributed by atoms with van der Waals surface area (Å²) < 4.78 is 0. The monoisotopic (exact) mass is 278 g/mol. The zero-order valence-corrected chi connectivity index (χ0v) is 12.0. The summed E-state index contributed by atoms with van der Waals surface area (Å²) in [6, 6.07) is 16.9. The Bertz CT molecular complexity index is 542. The summed E-state index contributed by atoms with van der Waals surface area (Å²) in [6.07, 6.45) is 0. The van der Waals surface area contributed by atoms with Crippen LogP contribution < -0.4 is 5.30 Å². The van der Waals surface area contributed by atoms with Gasteiger partial charge in [-0.2, -0.15) is 0 Å². The molecule has 0 aliphatic rings. The molecule has 0 radical (unpaired) electrons. The van der Waals surface area contributed by atoms with Crippen LogP contribution in [0.4, 0.5) is 0 Å². The van der Waals surface area contributed by atoms with Gasteiger partial charge in [-0.3, -0.25) is 0 Å². The van der Waals surface area contributed by atoms with Gasteiger partial charge in [0, 0.05) is 0 Å². The number of benzene rings is 2. The van der Waals surface area contributed by atoms with E-state index < -0.39 is 7.94 Å². The van der Waals surface area contributed by atoms with Gasteiger partial charge in [-0.15, -0.1) is 0 Å². The van der Waals surface area contributed by atoms with Crippen LogP contribution in [0.2, 0.25) is 0 Å².